The Morgan fingerprint density at radius 2 is 1.94 bits per heavy atom. The maximum atomic E-state index is 9.08. The number of β-amino-alcohol motifs (C(OH)–C–C–N with tert-alkyl or cyclic N) is 1. The van der Waals surface area contributed by atoms with Crippen LogP contribution in [-0.4, -0.2) is 43.9 Å². The Bertz CT molecular complexity index is 420. The van der Waals surface area contributed by atoms with Crippen molar-refractivity contribution < 1.29 is 14.6 Å². The van der Waals surface area contributed by atoms with Crippen molar-refractivity contribution >= 4 is 0 Å². The fraction of sp³-hybridized carbons (Fsp3) is 0.571. The van der Waals surface area contributed by atoms with E-state index >= 15 is 0 Å². The first-order valence-corrected chi connectivity index (χ1v) is 6.31. The SMILES string of the molecule is COc1cc2c(cc1OC)C(C)N(CCO)CC2. The van der Waals surface area contributed by atoms with Gasteiger partial charge in [-0.2, -0.15) is 0 Å². The standard InChI is InChI=1S/C14H21NO3/c1-10-12-9-14(18-3)13(17-2)8-11(12)4-5-15(10)6-7-16/h8-10,16H,4-7H2,1-3H3. The predicted octanol–water partition coefficient (Wildman–Crippen LogP) is 1.62. The van der Waals surface area contributed by atoms with E-state index in [1.807, 2.05) is 0 Å². The minimum atomic E-state index is 0.201. The van der Waals surface area contributed by atoms with Crippen LogP contribution in [0, 0.1) is 0 Å². The van der Waals surface area contributed by atoms with Gasteiger partial charge in [-0.05, 0) is 36.6 Å². The lowest BCUT2D eigenvalue weighted by Gasteiger charge is -2.35. The Balaban J connectivity index is 2.35. The summed E-state index contributed by atoms with van der Waals surface area (Å²) in [6, 6.07) is 4.43. The molecule has 1 N–H and O–H groups in total. The van der Waals surface area contributed by atoms with Crippen LogP contribution < -0.4 is 9.47 Å². The molecular weight excluding hydrogens is 230 g/mol. The summed E-state index contributed by atoms with van der Waals surface area (Å²) < 4.78 is 10.7. The molecule has 1 heterocycles. The van der Waals surface area contributed by atoms with Crippen molar-refractivity contribution in [3.05, 3.63) is 23.3 Å². The highest BCUT2D eigenvalue weighted by molar-refractivity contribution is 5.49. The van der Waals surface area contributed by atoms with E-state index in [1.165, 1.54) is 11.1 Å². The number of rotatable bonds is 4. The Morgan fingerprint density at radius 3 is 2.56 bits per heavy atom. The van der Waals surface area contributed by atoms with Gasteiger partial charge < -0.3 is 14.6 Å². The molecule has 0 aliphatic carbocycles. The monoisotopic (exact) mass is 251 g/mol. The molecule has 0 spiro atoms. The van der Waals surface area contributed by atoms with Gasteiger partial charge in [0.05, 0.1) is 20.8 Å². The van der Waals surface area contributed by atoms with E-state index in [9.17, 15) is 0 Å². The lowest BCUT2D eigenvalue weighted by molar-refractivity contribution is 0.150. The van der Waals surface area contributed by atoms with Gasteiger partial charge in [0.2, 0.25) is 0 Å². The molecule has 2 rings (SSSR count). The summed E-state index contributed by atoms with van der Waals surface area (Å²) in [5, 5.41) is 9.08. The summed E-state index contributed by atoms with van der Waals surface area (Å²) in [5.41, 5.74) is 2.58. The van der Waals surface area contributed by atoms with Crippen LogP contribution in [0.1, 0.15) is 24.1 Å². The predicted molar refractivity (Wildman–Crippen MR) is 70.3 cm³/mol. The van der Waals surface area contributed by atoms with Crippen molar-refractivity contribution in [2.24, 2.45) is 0 Å². The molecule has 0 saturated carbocycles. The molecule has 1 atom stereocenters. The first-order chi connectivity index (χ1) is 8.71. The quantitative estimate of drug-likeness (QED) is 0.883. The van der Waals surface area contributed by atoms with Crippen molar-refractivity contribution in [2.45, 2.75) is 19.4 Å². The van der Waals surface area contributed by atoms with Crippen LogP contribution in [0.5, 0.6) is 11.5 Å². The third kappa shape index (κ3) is 2.31. The van der Waals surface area contributed by atoms with Gasteiger partial charge in [-0.3, -0.25) is 4.90 Å². The fourth-order valence-electron chi connectivity index (χ4n) is 2.63. The number of benzene rings is 1. The third-order valence-electron chi connectivity index (χ3n) is 3.70. The second kappa shape index (κ2) is 5.59. The summed E-state index contributed by atoms with van der Waals surface area (Å²) in [6.07, 6.45) is 0.986. The van der Waals surface area contributed by atoms with E-state index in [0.29, 0.717) is 6.04 Å². The van der Waals surface area contributed by atoms with E-state index in [1.54, 1.807) is 14.2 Å². The second-order valence-electron chi connectivity index (χ2n) is 4.59. The largest absolute Gasteiger partial charge is 0.493 e. The Morgan fingerprint density at radius 1 is 1.28 bits per heavy atom. The molecule has 0 radical (unpaired) electrons. The summed E-state index contributed by atoms with van der Waals surface area (Å²) in [5.74, 6) is 1.56. The third-order valence-corrected chi connectivity index (χ3v) is 3.70. The van der Waals surface area contributed by atoms with Gasteiger partial charge in [0.15, 0.2) is 11.5 Å². The van der Waals surface area contributed by atoms with Gasteiger partial charge in [-0.25, -0.2) is 0 Å². The number of hydrogen-bond donors (Lipinski definition) is 1. The van der Waals surface area contributed by atoms with Gasteiger partial charge in [0.1, 0.15) is 0 Å². The molecule has 18 heavy (non-hydrogen) atoms. The maximum Gasteiger partial charge on any atom is 0.161 e. The van der Waals surface area contributed by atoms with Crippen LogP contribution in [0.4, 0.5) is 0 Å². The van der Waals surface area contributed by atoms with Crippen LogP contribution in [-0.2, 0) is 6.42 Å². The Hall–Kier alpha value is -1.26. The van der Waals surface area contributed by atoms with Crippen LogP contribution in [0.25, 0.3) is 0 Å². The highest BCUT2D eigenvalue weighted by Gasteiger charge is 2.25. The molecule has 4 nitrogen and oxygen atoms in total. The van der Waals surface area contributed by atoms with Crippen molar-refractivity contribution in [1.82, 2.24) is 4.90 Å². The molecule has 0 bridgehead atoms. The molecule has 1 aromatic carbocycles. The first kappa shape index (κ1) is 13.2. The lowest BCUT2D eigenvalue weighted by Crippen LogP contribution is -2.36. The molecule has 1 aliphatic rings. The second-order valence-corrected chi connectivity index (χ2v) is 4.59. The van der Waals surface area contributed by atoms with Crippen molar-refractivity contribution in [1.29, 1.82) is 0 Å². The van der Waals surface area contributed by atoms with E-state index in [0.717, 1.165) is 31.0 Å². The number of fused-ring (bicyclic) bond motifs is 1. The summed E-state index contributed by atoms with van der Waals surface area (Å²) in [4.78, 5) is 2.29. The molecule has 0 aromatic heterocycles. The number of aliphatic hydroxyl groups excluding tert-OH is 1. The van der Waals surface area contributed by atoms with Crippen LogP contribution in [0.3, 0.4) is 0 Å². The molecule has 1 aromatic rings. The minimum Gasteiger partial charge on any atom is -0.493 e. The average Bonchev–Trinajstić information content (AvgIpc) is 2.41. The summed E-state index contributed by atoms with van der Waals surface area (Å²) in [7, 11) is 3.32. The fourth-order valence-corrected chi connectivity index (χ4v) is 2.63. The normalized spacial score (nSPS) is 19.4. The van der Waals surface area contributed by atoms with E-state index in [4.69, 9.17) is 14.6 Å². The number of ether oxygens (including phenoxy) is 2. The van der Waals surface area contributed by atoms with Gasteiger partial charge in [-0.15, -0.1) is 0 Å². The minimum absolute atomic E-state index is 0.201. The number of aliphatic hydroxyl groups is 1. The average molecular weight is 251 g/mol. The van der Waals surface area contributed by atoms with Crippen molar-refractivity contribution in [2.75, 3.05) is 33.9 Å². The topological polar surface area (TPSA) is 41.9 Å². The Kier molecular flexibility index (Phi) is 4.09. The van der Waals surface area contributed by atoms with Gasteiger partial charge in [-0.1, -0.05) is 0 Å². The molecule has 0 amide bonds. The first-order valence-electron chi connectivity index (χ1n) is 6.31. The van der Waals surface area contributed by atoms with E-state index in [-0.39, 0.29) is 6.61 Å². The zero-order valence-corrected chi connectivity index (χ0v) is 11.3. The number of hydrogen-bond acceptors (Lipinski definition) is 4. The summed E-state index contributed by atoms with van der Waals surface area (Å²) >= 11 is 0. The zero-order valence-electron chi connectivity index (χ0n) is 11.3. The zero-order chi connectivity index (χ0) is 13.1. The highest BCUT2D eigenvalue weighted by atomic mass is 16.5. The molecule has 1 unspecified atom stereocenters. The lowest BCUT2D eigenvalue weighted by atomic mass is 9.93. The van der Waals surface area contributed by atoms with Gasteiger partial charge in [0, 0.05) is 19.1 Å². The van der Waals surface area contributed by atoms with Crippen molar-refractivity contribution in [3.8, 4) is 11.5 Å². The van der Waals surface area contributed by atoms with Gasteiger partial charge in [0.25, 0.3) is 0 Å². The molecule has 1 aliphatic heterocycles. The number of nitrogens with zero attached hydrogens (tertiary/aromatic N) is 1. The van der Waals surface area contributed by atoms with E-state index in [2.05, 4.69) is 24.0 Å². The summed E-state index contributed by atoms with van der Waals surface area (Å²) in [6.45, 7) is 4.06. The molecule has 0 saturated heterocycles. The van der Waals surface area contributed by atoms with Crippen LogP contribution in [0.15, 0.2) is 12.1 Å². The van der Waals surface area contributed by atoms with Crippen LogP contribution in [0.2, 0.25) is 0 Å². The molecule has 100 valence electrons. The Labute approximate surface area is 108 Å². The van der Waals surface area contributed by atoms with Crippen molar-refractivity contribution in [3.63, 3.8) is 0 Å². The molecular formula is C14H21NO3. The highest BCUT2D eigenvalue weighted by Crippen LogP contribution is 2.37. The van der Waals surface area contributed by atoms with Crippen LogP contribution >= 0.6 is 0 Å². The number of methoxy groups -OCH3 is 2. The van der Waals surface area contributed by atoms with Gasteiger partial charge >= 0.3 is 0 Å². The molecule has 4 heteroatoms. The molecule has 0 fully saturated rings. The van der Waals surface area contributed by atoms with E-state index < -0.39 is 0 Å². The maximum absolute atomic E-state index is 9.08. The smallest absolute Gasteiger partial charge is 0.161 e.